The zero-order valence-electron chi connectivity index (χ0n) is 10.9. The van der Waals surface area contributed by atoms with Gasteiger partial charge in [0.05, 0.1) is 12.7 Å². The standard InChI is InChI=1S/C13H19NO4/c1-9-11(5-4-6-12(9)15)13(16)14-7-10(18-3)8-17-2/h4-6,10,15H,7-8H2,1-3H3,(H,14,16). The van der Waals surface area contributed by atoms with Gasteiger partial charge >= 0.3 is 0 Å². The second-order valence-corrected chi connectivity index (χ2v) is 3.97. The van der Waals surface area contributed by atoms with Crippen LogP contribution in [0.3, 0.4) is 0 Å². The van der Waals surface area contributed by atoms with E-state index in [1.54, 1.807) is 39.3 Å². The lowest BCUT2D eigenvalue weighted by molar-refractivity contribution is 0.0285. The Balaban J connectivity index is 2.62. The van der Waals surface area contributed by atoms with E-state index in [9.17, 15) is 9.90 Å². The number of ether oxygens (including phenoxy) is 2. The minimum atomic E-state index is -0.235. The number of hydrogen-bond donors (Lipinski definition) is 2. The van der Waals surface area contributed by atoms with Crippen molar-refractivity contribution >= 4 is 5.91 Å². The number of carbonyl (C=O) groups excluding carboxylic acids is 1. The van der Waals surface area contributed by atoms with Crippen LogP contribution in [0.15, 0.2) is 18.2 Å². The van der Waals surface area contributed by atoms with E-state index in [0.717, 1.165) is 0 Å². The fraction of sp³-hybridized carbons (Fsp3) is 0.462. The first-order chi connectivity index (χ1) is 8.60. The van der Waals surface area contributed by atoms with Crippen LogP contribution in [0, 0.1) is 6.92 Å². The second-order valence-electron chi connectivity index (χ2n) is 3.97. The summed E-state index contributed by atoms with van der Waals surface area (Å²) >= 11 is 0. The van der Waals surface area contributed by atoms with Crippen molar-refractivity contribution in [3.8, 4) is 5.75 Å². The van der Waals surface area contributed by atoms with E-state index in [1.807, 2.05) is 0 Å². The molecule has 1 unspecified atom stereocenters. The summed E-state index contributed by atoms with van der Waals surface area (Å²) in [6, 6.07) is 4.86. The van der Waals surface area contributed by atoms with Gasteiger partial charge in [-0.2, -0.15) is 0 Å². The third-order valence-electron chi connectivity index (χ3n) is 2.73. The molecular formula is C13H19NO4. The normalized spacial score (nSPS) is 12.2. The maximum Gasteiger partial charge on any atom is 0.251 e. The van der Waals surface area contributed by atoms with E-state index in [-0.39, 0.29) is 17.8 Å². The molecule has 0 aliphatic heterocycles. The van der Waals surface area contributed by atoms with E-state index in [4.69, 9.17) is 9.47 Å². The Kier molecular flexibility index (Phi) is 5.61. The summed E-state index contributed by atoms with van der Waals surface area (Å²) in [6.45, 7) is 2.47. The first-order valence-electron chi connectivity index (χ1n) is 5.68. The van der Waals surface area contributed by atoms with Gasteiger partial charge in [-0.25, -0.2) is 0 Å². The predicted octanol–water partition coefficient (Wildman–Crippen LogP) is 1.09. The molecule has 0 radical (unpaired) electrons. The van der Waals surface area contributed by atoms with Crippen molar-refractivity contribution in [2.45, 2.75) is 13.0 Å². The number of aromatic hydroxyl groups is 1. The SMILES string of the molecule is COCC(CNC(=O)c1cccc(O)c1C)OC. The van der Waals surface area contributed by atoms with Gasteiger partial charge in [0.2, 0.25) is 0 Å². The Hall–Kier alpha value is -1.59. The smallest absolute Gasteiger partial charge is 0.251 e. The average molecular weight is 253 g/mol. The minimum absolute atomic E-state index is 0.114. The zero-order chi connectivity index (χ0) is 13.5. The fourth-order valence-corrected chi connectivity index (χ4v) is 1.57. The van der Waals surface area contributed by atoms with Crippen molar-refractivity contribution in [2.24, 2.45) is 0 Å². The van der Waals surface area contributed by atoms with Gasteiger partial charge in [-0.05, 0) is 19.1 Å². The van der Waals surface area contributed by atoms with Crippen LogP contribution in [-0.4, -0.2) is 44.5 Å². The van der Waals surface area contributed by atoms with Crippen LogP contribution >= 0.6 is 0 Å². The summed E-state index contributed by atoms with van der Waals surface area (Å²) < 4.78 is 10.1. The van der Waals surface area contributed by atoms with Crippen LogP contribution < -0.4 is 5.32 Å². The number of nitrogens with one attached hydrogen (secondary N) is 1. The largest absolute Gasteiger partial charge is 0.508 e. The van der Waals surface area contributed by atoms with Gasteiger partial charge in [0, 0.05) is 31.9 Å². The highest BCUT2D eigenvalue weighted by Gasteiger charge is 2.13. The van der Waals surface area contributed by atoms with Crippen molar-refractivity contribution in [2.75, 3.05) is 27.4 Å². The van der Waals surface area contributed by atoms with E-state index in [0.29, 0.717) is 24.3 Å². The van der Waals surface area contributed by atoms with Crippen LogP contribution in [0.1, 0.15) is 15.9 Å². The highest BCUT2D eigenvalue weighted by molar-refractivity contribution is 5.96. The number of benzene rings is 1. The Morgan fingerprint density at radius 3 is 2.78 bits per heavy atom. The molecule has 0 saturated carbocycles. The molecule has 0 aromatic heterocycles. The second kappa shape index (κ2) is 6.98. The molecule has 0 spiro atoms. The maximum atomic E-state index is 11.9. The molecule has 0 aliphatic rings. The molecule has 18 heavy (non-hydrogen) atoms. The van der Waals surface area contributed by atoms with Crippen LogP contribution in [0.25, 0.3) is 0 Å². The average Bonchev–Trinajstić information content (AvgIpc) is 2.37. The van der Waals surface area contributed by atoms with Gasteiger partial charge < -0.3 is 19.9 Å². The predicted molar refractivity (Wildman–Crippen MR) is 67.9 cm³/mol. The molecular weight excluding hydrogens is 234 g/mol. The van der Waals surface area contributed by atoms with Gasteiger partial charge in [-0.3, -0.25) is 4.79 Å². The number of methoxy groups -OCH3 is 2. The molecule has 2 N–H and O–H groups in total. The van der Waals surface area contributed by atoms with Crippen LogP contribution in [-0.2, 0) is 9.47 Å². The molecule has 0 saturated heterocycles. The van der Waals surface area contributed by atoms with E-state index >= 15 is 0 Å². The minimum Gasteiger partial charge on any atom is -0.508 e. The molecule has 0 bridgehead atoms. The number of phenols is 1. The molecule has 1 aromatic rings. The number of rotatable bonds is 6. The maximum absolute atomic E-state index is 11.9. The van der Waals surface area contributed by atoms with E-state index < -0.39 is 0 Å². The third-order valence-corrected chi connectivity index (χ3v) is 2.73. The lowest BCUT2D eigenvalue weighted by atomic mass is 10.1. The molecule has 100 valence electrons. The molecule has 5 heteroatoms. The zero-order valence-corrected chi connectivity index (χ0v) is 10.9. The summed E-state index contributed by atoms with van der Waals surface area (Å²) in [6.07, 6.45) is -0.184. The van der Waals surface area contributed by atoms with Crippen molar-refractivity contribution < 1.29 is 19.4 Å². The van der Waals surface area contributed by atoms with Crippen LogP contribution in [0.5, 0.6) is 5.75 Å². The Labute approximate surface area is 107 Å². The topological polar surface area (TPSA) is 67.8 Å². The lowest BCUT2D eigenvalue weighted by Crippen LogP contribution is -2.35. The Morgan fingerprint density at radius 1 is 1.44 bits per heavy atom. The van der Waals surface area contributed by atoms with E-state index in [2.05, 4.69) is 5.32 Å². The van der Waals surface area contributed by atoms with Crippen molar-refractivity contribution in [3.05, 3.63) is 29.3 Å². The van der Waals surface area contributed by atoms with E-state index in [1.165, 1.54) is 0 Å². The summed E-state index contributed by atoms with van der Waals surface area (Å²) in [5.41, 5.74) is 1.03. The van der Waals surface area contributed by atoms with Crippen molar-refractivity contribution in [1.29, 1.82) is 0 Å². The first-order valence-corrected chi connectivity index (χ1v) is 5.68. The van der Waals surface area contributed by atoms with Crippen molar-refractivity contribution in [3.63, 3.8) is 0 Å². The quantitative estimate of drug-likeness (QED) is 0.796. The summed E-state index contributed by atoms with van der Waals surface area (Å²) in [5.74, 6) is -0.121. The Morgan fingerprint density at radius 2 is 2.17 bits per heavy atom. The molecule has 0 heterocycles. The van der Waals surface area contributed by atoms with Gasteiger partial charge in [0.1, 0.15) is 5.75 Å². The summed E-state index contributed by atoms with van der Waals surface area (Å²) in [7, 11) is 3.14. The van der Waals surface area contributed by atoms with Gasteiger partial charge in [0.25, 0.3) is 5.91 Å². The molecule has 1 amide bonds. The van der Waals surface area contributed by atoms with Gasteiger partial charge in [0.15, 0.2) is 0 Å². The molecule has 0 aliphatic carbocycles. The summed E-state index contributed by atoms with van der Waals surface area (Å²) in [5, 5.41) is 12.3. The molecule has 1 rings (SSSR count). The molecule has 1 atom stereocenters. The number of phenolic OH excluding ortho intramolecular Hbond substituents is 1. The third kappa shape index (κ3) is 3.72. The number of hydrogen-bond acceptors (Lipinski definition) is 4. The fourth-order valence-electron chi connectivity index (χ4n) is 1.57. The molecule has 5 nitrogen and oxygen atoms in total. The van der Waals surface area contributed by atoms with Gasteiger partial charge in [-0.15, -0.1) is 0 Å². The monoisotopic (exact) mass is 253 g/mol. The number of amides is 1. The molecule has 0 fully saturated rings. The number of carbonyl (C=O) groups is 1. The summed E-state index contributed by atoms with van der Waals surface area (Å²) in [4.78, 5) is 11.9. The lowest BCUT2D eigenvalue weighted by Gasteiger charge is -2.15. The van der Waals surface area contributed by atoms with Crippen LogP contribution in [0.2, 0.25) is 0 Å². The highest BCUT2D eigenvalue weighted by Crippen LogP contribution is 2.19. The van der Waals surface area contributed by atoms with Crippen LogP contribution in [0.4, 0.5) is 0 Å². The van der Waals surface area contributed by atoms with Gasteiger partial charge in [-0.1, -0.05) is 6.07 Å². The first kappa shape index (κ1) is 14.5. The molecule has 1 aromatic carbocycles. The Bertz CT molecular complexity index is 406. The van der Waals surface area contributed by atoms with Crippen molar-refractivity contribution in [1.82, 2.24) is 5.32 Å². The highest BCUT2D eigenvalue weighted by atomic mass is 16.5.